The van der Waals surface area contributed by atoms with Crippen molar-refractivity contribution in [1.82, 2.24) is 10.6 Å². The third-order valence-corrected chi connectivity index (χ3v) is 2.73. The molecule has 1 aromatic carbocycles. The van der Waals surface area contributed by atoms with Crippen LogP contribution in [0.5, 0.6) is 0 Å². The zero-order valence-electron chi connectivity index (χ0n) is 12.1. The van der Waals surface area contributed by atoms with E-state index < -0.39 is 0 Å². The summed E-state index contributed by atoms with van der Waals surface area (Å²) in [4.78, 5) is 23.7. The van der Waals surface area contributed by atoms with Gasteiger partial charge >= 0.3 is 0 Å². The van der Waals surface area contributed by atoms with Crippen LogP contribution in [0.1, 0.15) is 40.5 Å². The maximum Gasteiger partial charge on any atom is 0.251 e. The van der Waals surface area contributed by atoms with Crippen molar-refractivity contribution in [2.24, 2.45) is 0 Å². The summed E-state index contributed by atoms with van der Waals surface area (Å²) >= 11 is 0. The van der Waals surface area contributed by atoms with Crippen molar-refractivity contribution in [3.05, 3.63) is 35.4 Å². The molecule has 0 aliphatic carbocycles. The van der Waals surface area contributed by atoms with Crippen LogP contribution in [0.4, 0.5) is 0 Å². The second-order valence-electron chi connectivity index (χ2n) is 4.44. The van der Waals surface area contributed by atoms with Crippen molar-refractivity contribution in [1.29, 1.82) is 0 Å². The van der Waals surface area contributed by atoms with Gasteiger partial charge in [0.2, 0.25) is 0 Å². The highest BCUT2D eigenvalue weighted by molar-refractivity contribution is 5.99. The van der Waals surface area contributed by atoms with Crippen LogP contribution in [0.15, 0.2) is 24.3 Å². The van der Waals surface area contributed by atoms with E-state index in [0.717, 1.165) is 12.8 Å². The lowest BCUT2D eigenvalue weighted by atomic mass is 10.1. The first kappa shape index (κ1) is 16.2. The van der Waals surface area contributed by atoms with Gasteiger partial charge in [0.1, 0.15) is 0 Å². The van der Waals surface area contributed by atoms with Crippen molar-refractivity contribution in [2.45, 2.75) is 19.8 Å². The molecule has 2 N–H and O–H groups in total. The summed E-state index contributed by atoms with van der Waals surface area (Å²) in [5, 5.41) is 5.58. The summed E-state index contributed by atoms with van der Waals surface area (Å²) in [6.07, 6.45) is 1.64. The summed E-state index contributed by atoms with van der Waals surface area (Å²) in [5.41, 5.74) is 0.995. The van der Waals surface area contributed by atoms with Gasteiger partial charge in [0, 0.05) is 37.9 Å². The van der Waals surface area contributed by atoms with Gasteiger partial charge in [0.15, 0.2) is 0 Å². The molecule has 2 amide bonds. The van der Waals surface area contributed by atoms with E-state index in [9.17, 15) is 9.59 Å². The Morgan fingerprint density at radius 1 is 1.10 bits per heavy atom. The van der Waals surface area contributed by atoms with Crippen LogP contribution in [0, 0.1) is 0 Å². The molecule has 0 saturated heterocycles. The van der Waals surface area contributed by atoms with Crippen LogP contribution in [-0.2, 0) is 4.74 Å². The number of nitrogens with one attached hydrogen (secondary N) is 2. The molecule has 1 aromatic rings. The van der Waals surface area contributed by atoms with E-state index in [-0.39, 0.29) is 11.8 Å². The van der Waals surface area contributed by atoms with E-state index in [0.29, 0.717) is 30.8 Å². The normalized spacial score (nSPS) is 10.1. The first-order valence-corrected chi connectivity index (χ1v) is 6.84. The van der Waals surface area contributed by atoms with Crippen molar-refractivity contribution in [3.63, 3.8) is 0 Å². The van der Waals surface area contributed by atoms with Crippen molar-refractivity contribution in [2.75, 3.05) is 26.8 Å². The second kappa shape index (κ2) is 9.09. The summed E-state index contributed by atoms with van der Waals surface area (Å²) in [7, 11) is 1.63. The number of carbonyl (C=O) groups excluding carboxylic acids is 2. The molecule has 0 aromatic heterocycles. The third-order valence-electron chi connectivity index (χ3n) is 2.73. The van der Waals surface area contributed by atoms with E-state index in [4.69, 9.17) is 4.74 Å². The Kier molecular flexibility index (Phi) is 7.35. The van der Waals surface area contributed by atoms with Gasteiger partial charge in [0.25, 0.3) is 11.8 Å². The molecule has 0 heterocycles. The Labute approximate surface area is 119 Å². The summed E-state index contributed by atoms with van der Waals surface area (Å²) in [6, 6.07) is 6.72. The fraction of sp³-hybridized carbons (Fsp3) is 0.467. The zero-order chi connectivity index (χ0) is 14.8. The molecule has 0 radical (unpaired) electrons. The molecular formula is C15H22N2O3. The monoisotopic (exact) mass is 278 g/mol. The summed E-state index contributed by atoms with van der Waals surface area (Å²) in [5.74, 6) is -0.327. The number of hydrogen-bond acceptors (Lipinski definition) is 3. The van der Waals surface area contributed by atoms with Crippen LogP contribution in [0.25, 0.3) is 0 Å². The van der Waals surface area contributed by atoms with E-state index in [1.807, 2.05) is 6.92 Å². The molecule has 0 spiro atoms. The Morgan fingerprint density at radius 3 is 2.25 bits per heavy atom. The Balaban J connectivity index is 2.58. The quantitative estimate of drug-likeness (QED) is 0.710. The van der Waals surface area contributed by atoms with Gasteiger partial charge in [-0.1, -0.05) is 13.0 Å². The number of methoxy groups -OCH3 is 1. The van der Waals surface area contributed by atoms with E-state index in [1.54, 1.807) is 31.4 Å². The number of ether oxygens (including phenoxy) is 1. The average Bonchev–Trinajstić information content (AvgIpc) is 2.49. The standard InChI is InChI=1S/C15H22N2O3/c1-3-8-16-14(18)12-6-4-7-13(11-12)15(19)17-9-5-10-20-2/h4,6-7,11H,3,5,8-10H2,1-2H3,(H,16,18)(H,17,19). The van der Waals surface area contributed by atoms with Gasteiger partial charge in [0.05, 0.1) is 0 Å². The van der Waals surface area contributed by atoms with E-state index in [2.05, 4.69) is 10.6 Å². The predicted molar refractivity (Wildman–Crippen MR) is 77.9 cm³/mol. The fourth-order valence-electron chi connectivity index (χ4n) is 1.66. The lowest BCUT2D eigenvalue weighted by Gasteiger charge is -2.07. The SMILES string of the molecule is CCCNC(=O)c1cccc(C(=O)NCCCOC)c1. The third kappa shape index (κ3) is 5.40. The van der Waals surface area contributed by atoms with Crippen molar-refractivity contribution >= 4 is 11.8 Å². The fourth-order valence-corrected chi connectivity index (χ4v) is 1.66. The molecule has 0 unspecified atom stereocenters. The number of amides is 2. The largest absolute Gasteiger partial charge is 0.385 e. The van der Waals surface area contributed by atoms with Crippen molar-refractivity contribution in [3.8, 4) is 0 Å². The highest BCUT2D eigenvalue weighted by Crippen LogP contribution is 2.05. The predicted octanol–water partition coefficient (Wildman–Crippen LogP) is 1.59. The number of carbonyl (C=O) groups is 2. The molecule has 1 rings (SSSR count). The molecule has 0 saturated carbocycles. The second-order valence-corrected chi connectivity index (χ2v) is 4.44. The van der Waals surface area contributed by atoms with Crippen LogP contribution in [0.2, 0.25) is 0 Å². The highest BCUT2D eigenvalue weighted by atomic mass is 16.5. The van der Waals surface area contributed by atoms with Gasteiger partial charge < -0.3 is 15.4 Å². The Morgan fingerprint density at radius 2 is 1.70 bits per heavy atom. The van der Waals surface area contributed by atoms with E-state index >= 15 is 0 Å². The molecule has 0 aliphatic rings. The summed E-state index contributed by atoms with van der Waals surface area (Å²) in [6.45, 7) is 3.79. The van der Waals surface area contributed by atoms with Gasteiger partial charge in [-0.05, 0) is 31.0 Å². The molecular weight excluding hydrogens is 256 g/mol. The Bertz CT molecular complexity index is 446. The first-order chi connectivity index (χ1) is 9.69. The summed E-state index contributed by atoms with van der Waals surface area (Å²) < 4.78 is 4.91. The topological polar surface area (TPSA) is 67.4 Å². The molecule has 5 heteroatoms. The number of benzene rings is 1. The minimum atomic E-state index is -0.175. The molecule has 0 aliphatic heterocycles. The lowest BCUT2D eigenvalue weighted by molar-refractivity contribution is 0.0948. The minimum Gasteiger partial charge on any atom is -0.385 e. The van der Waals surface area contributed by atoms with Crippen LogP contribution in [-0.4, -0.2) is 38.6 Å². The first-order valence-electron chi connectivity index (χ1n) is 6.84. The number of hydrogen-bond donors (Lipinski definition) is 2. The van der Waals surface area contributed by atoms with E-state index in [1.165, 1.54) is 0 Å². The lowest BCUT2D eigenvalue weighted by Crippen LogP contribution is -2.27. The Hall–Kier alpha value is -1.88. The maximum absolute atomic E-state index is 11.9. The van der Waals surface area contributed by atoms with Gasteiger partial charge in [-0.25, -0.2) is 0 Å². The van der Waals surface area contributed by atoms with Crippen LogP contribution < -0.4 is 10.6 Å². The van der Waals surface area contributed by atoms with Gasteiger partial charge in [-0.2, -0.15) is 0 Å². The molecule has 0 atom stereocenters. The van der Waals surface area contributed by atoms with Crippen LogP contribution in [0.3, 0.4) is 0 Å². The molecule has 5 nitrogen and oxygen atoms in total. The molecule has 0 bridgehead atoms. The maximum atomic E-state index is 11.9. The minimum absolute atomic E-state index is 0.152. The smallest absolute Gasteiger partial charge is 0.251 e. The van der Waals surface area contributed by atoms with Gasteiger partial charge in [-0.15, -0.1) is 0 Å². The van der Waals surface area contributed by atoms with Gasteiger partial charge in [-0.3, -0.25) is 9.59 Å². The van der Waals surface area contributed by atoms with Crippen molar-refractivity contribution < 1.29 is 14.3 Å². The molecule has 0 fully saturated rings. The molecule has 20 heavy (non-hydrogen) atoms. The number of rotatable bonds is 8. The zero-order valence-corrected chi connectivity index (χ0v) is 12.1. The highest BCUT2D eigenvalue weighted by Gasteiger charge is 2.09. The molecule has 110 valence electrons. The average molecular weight is 278 g/mol. The van der Waals surface area contributed by atoms with Crippen LogP contribution >= 0.6 is 0 Å².